The van der Waals surface area contributed by atoms with Crippen molar-refractivity contribution in [3.63, 3.8) is 0 Å². The smallest absolute Gasteiger partial charge is 0.414 e. The fourth-order valence-corrected chi connectivity index (χ4v) is 6.83. The minimum absolute atomic E-state index is 0.0689. The lowest BCUT2D eigenvalue weighted by Gasteiger charge is -2.47. The monoisotopic (exact) mass is 588 g/mol. The minimum atomic E-state index is -3.46. The van der Waals surface area contributed by atoms with Crippen molar-refractivity contribution >= 4 is 44.8 Å². The summed E-state index contributed by atoms with van der Waals surface area (Å²) >= 11 is 12.3. The van der Waals surface area contributed by atoms with Crippen LogP contribution < -0.4 is 4.90 Å². The summed E-state index contributed by atoms with van der Waals surface area (Å²) in [5.41, 5.74) is 2.73. The maximum atomic E-state index is 13.1. The fraction of sp³-hybridized carbons (Fsp3) is 0.367. The van der Waals surface area contributed by atoms with E-state index in [1.54, 1.807) is 46.0 Å². The molecule has 4 rings (SSSR count). The summed E-state index contributed by atoms with van der Waals surface area (Å²) in [6.07, 6.45) is 0.777. The molecule has 1 fully saturated rings. The maximum Gasteiger partial charge on any atom is 0.414 e. The Balaban J connectivity index is 1.60. The lowest BCUT2D eigenvalue weighted by molar-refractivity contribution is 0.0589. The molecule has 1 saturated heterocycles. The van der Waals surface area contributed by atoms with Gasteiger partial charge in [0, 0.05) is 48.0 Å². The van der Waals surface area contributed by atoms with Crippen molar-refractivity contribution in [1.82, 2.24) is 4.90 Å². The first kappa shape index (κ1) is 29.4. The third kappa shape index (κ3) is 7.14. The van der Waals surface area contributed by atoms with Crippen molar-refractivity contribution in [3.8, 4) is 0 Å². The first-order valence-electron chi connectivity index (χ1n) is 12.7. The van der Waals surface area contributed by atoms with Crippen LogP contribution in [-0.2, 0) is 14.6 Å². The van der Waals surface area contributed by atoms with Crippen LogP contribution >= 0.6 is 23.2 Å². The van der Waals surface area contributed by atoms with Crippen LogP contribution in [0.25, 0.3) is 0 Å². The molecule has 0 bridgehead atoms. The van der Waals surface area contributed by atoms with Gasteiger partial charge in [-0.15, -0.1) is 0 Å². The molecular formula is C30H34Cl2N2O4S. The van der Waals surface area contributed by atoms with Gasteiger partial charge in [-0.1, -0.05) is 59.6 Å². The third-order valence-corrected chi connectivity index (χ3v) is 8.90. The van der Waals surface area contributed by atoms with Crippen LogP contribution in [0.15, 0.2) is 72.8 Å². The molecule has 1 amide bonds. The Bertz CT molecular complexity index is 1370. The number of hydrogen-bond donors (Lipinski definition) is 0. The van der Waals surface area contributed by atoms with Crippen LogP contribution in [0.2, 0.25) is 10.0 Å². The van der Waals surface area contributed by atoms with E-state index in [4.69, 9.17) is 27.9 Å². The zero-order valence-electron chi connectivity index (χ0n) is 22.8. The number of anilines is 1. The number of carbonyl (C=O) groups excluding carboxylic acids is 1. The fourth-order valence-electron chi connectivity index (χ4n) is 5.07. The number of ether oxygens (including phenoxy) is 1. The van der Waals surface area contributed by atoms with E-state index in [0.29, 0.717) is 34.4 Å². The largest absolute Gasteiger partial charge is 0.443 e. The van der Waals surface area contributed by atoms with E-state index >= 15 is 0 Å². The van der Waals surface area contributed by atoms with Crippen LogP contribution in [0.1, 0.15) is 48.8 Å². The molecule has 0 saturated carbocycles. The predicted octanol–water partition coefficient (Wildman–Crippen LogP) is 7.17. The number of halogens is 2. The van der Waals surface area contributed by atoms with Gasteiger partial charge in [0.1, 0.15) is 5.60 Å². The second-order valence-corrected chi connectivity index (χ2v) is 14.1. The summed E-state index contributed by atoms with van der Waals surface area (Å²) in [5, 5.41) is 0.601. The van der Waals surface area contributed by atoms with Crippen LogP contribution in [0.4, 0.5) is 10.5 Å². The van der Waals surface area contributed by atoms with E-state index in [1.807, 2.05) is 54.6 Å². The second kappa shape index (κ2) is 11.5. The van der Waals surface area contributed by atoms with Gasteiger partial charge in [-0.3, -0.25) is 9.80 Å². The van der Waals surface area contributed by atoms with E-state index in [2.05, 4.69) is 4.90 Å². The van der Waals surface area contributed by atoms with Crippen LogP contribution in [0.5, 0.6) is 0 Å². The average Bonchev–Trinajstić information content (AvgIpc) is 2.82. The Morgan fingerprint density at radius 1 is 0.923 bits per heavy atom. The maximum absolute atomic E-state index is 13.1. The number of nitrogens with zero attached hydrogens (tertiary/aromatic N) is 2. The van der Waals surface area contributed by atoms with Crippen molar-refractivity contribution < 1.29 is 17.9 Å². The summed E-state index contributed by atoms with van der Waals surface area (Å²) in [6.45, 7) is 6.58. The number of rotatable bonds is 7. The molecule has 0 aromatic heterocycles. The summed E-state index contributed by atoms with van der Waals surface area (Å²) in [7, 11) is -1.83. The van der Waals surface area contributed by atoms with Crippen molar-refractivity contribution in [3.05, 3.63) is 99.5 Å². The highest BCUT2D eigenvalue weighted by atomic mass is 35.5. The predicted molar refractivity (Wildman–Crippen MR) is 158 cm³/mol. The lowest BCUT2D eigenvalue weighted by Crippen LogP contribution is -2.52. The van der Waals surface area contributed by atoms with Crippen LogP contribution in [0.3, 0.4) is 0 Å². The molecule has 0 aliphatic carbocycles. The number of carbonyl (C=O) groups is 1. The van der Waals surface area contributed by atoms with Gasteiger partial charge in [0.15, 0.2) is 9.84 Å². The molecule has 9 heteroatoms. The zero-order chi connectivity index (χ0) is 28.5. The topological polar surface area (TPSA) is 66.9 Å². The van der Waals surface area contributed by atoms with Crippen molar-refractivity contribution in [2.24, 2.45) is 5.92 Å². The Hall–Kier alpha value is -2.58. The highest BCUT2D eigenvalue weighted by Gasteiger charge is 2.43. The Morgan fingerprint density at radius 3 is 1.90 bits per heavy atom. The van der Waals surface area contributed by atoms with Gasteiger partial charge in [-0.2, -0.15) is 0 Å². The third-order valence-electron chi connectivity index (χ3n) is 6.82. The zero-order valence-corrected chi connectivity index (χ0v) is 25.1. The molecule has 1 aliphatic heterocycles. The van der Waals surface area contributed by atoms with Gasteiger partial charge in [0.2, 0.25) is 0 Å². The highest BCUT2D eigenvalue weighted by molar-refractivity contribution is 7.90. The Morgan fingerprint density at radius 2 is 1.44 bits per heavy atom. The van der Waals surface area contributed by atoms with Gasteiger partial charge < -0.3 is 4.74 Å². The van der Waals surface area contributed by atoms with Gasteiger partial charge in [0.25, 0.3) is 0 Å². The number of sulfone groups is 1. The number of likely N-dealkylation sites (tertiary alicyclic amines) is 1. The summed E-state index contributed by atoms with van der Waals surface area (Å²) in [6, 6.07) is 22.5. The van der Waals surface area contributed by atoms with Crippen LogP contribution in [0, 0.1) is 5.92 Å². The molecular weight excluding hydrogens is 555 g/mol. The molecule has 0 N–H and O–H groups in total. The SMILES string of the molecule is CN(C(=O)OC(C)(C)C)c1cccc(C(C2CN(C(c3ccc(Cl)cc3)c3ccc(Cl)cc3)C2)S(C)(=O)=O)c1. The Labute approximate surface area is 241 Å². The highest BCUT2D eigenvalue weighted by Crippen LogP contribution is 2.42. The lowest BCUT2D eigenvalue weighted by atomic mass is 9.86. The quantitative estimate of drug-likeness (QED) is 0.292. The number of amides is 1. The normalized spacial score (nSPS) is 15.6. The Kier molecular flexibility index (Phi) is 8.67. The standard InChI is InChI=1S/C30H34Cl2N2O4S/c1-30(2,3)38-29(35)33(4)26-8-6-7-22(17-26)28(39(5,36)37)23-18-34(19-23)27(20-9-13-24(31)14-10-20)21-11-15-25(32)16-12-21/h6-17,23,27-28H,18-19H2,1-5H3. The molecule has 208 valence electrons. The van der Waals surface area contributed by atoms with E-state index in [-0.39, 0.29) is 12.0 Å². The molecule has 1 aliphatic rings. The number of benzene rings is 3. The molecule has 3 aromatic carbocycles. The van der Waals surface area contributed by atoms with Gasteiger partial charge in [-0.25, -0.2) is 13.2 Å². The molecule has 3 aromatic rings. The molecule has 0 spiro atoms. The van der Waals surface area contributed by atoms with Crippen molar-refractivity contribution in [2.45, 2.75) is 37.7 Å². The van der Waals surface area contributed by atoms with Crippen LogP contribution in [-0.4, -0.2) is 51.4 Å². The van der Waals surface area contributed by atoms with Gasteiger partial charge in [-0.05, 0) is 73.9 Å². The first-order valence-corrected chi connectivity index (χ1v) is 15.4. The van der Waals surface area contributed by atoms with Gasteiger partial charge in [0.05, 0.1) is 11.3 Å². The van der Waals surface area contributed by atoms with Crippen molar-refractivity contribution in [1.29, 1.82) is 0 Å². The second-order valence-electron chi connectivity index (χ2n) is 11.1. The molecule has 6 nitrogen and oxygen atoms in total. The number of hydrogen-bond acceptors (Lipinski definition) is 5. The average molecular weight is 590 g/mol. The van der Waals surface area contributed by atoms with E-state index in [9.17, 15) is 13.2 Å². The van der Waals surface area contributed by atoms with E-state index in [1.165, 1.54) is 11.2 Å². The minimum Gasteiger partial charge on any atom is -0.443 e. The van der Waals surface area contributed by atoms with E-state index in [0.717, 1.165) is 11.1 Å². The summed E-state index contributed by atoms with van der Waals surface area (Å²) in [5.74, 6) is -0.121. The van der Waals surface area contributed by atoms with E-state index < -0.39 is 26.8 Å². The van der Waals surface area contributed by atoms with Gasteiger partial charge >= 0.3 is 6.09 Å². The molecule has 1 atom stereocenters. The molecule has 0 radical (unpaired) electrons. The molecule has 39 heavy (non-hydrogen) atoms. The van der Waals surface area contributed by atoms with Crippen molar-refractivity contribution in [2.75, 3.05) is 31.3 Å². The first-order chi connectivity index (χ1) is 18.2. The summed E-state index contributed by atoms with van der Waals surface area (Å²) in [4.78, 5) is 16.3. The molecule has 1 unspecified atom stereocenters. The molecule has 1 heterocycles. The summed E-state index contributed by atoms with van der Waals surface area (Å²) < 4.78 is 31.7.